The number of likely N-dealkylation sites (N-methyl/N-ethyl adjacent to an activating group) is 1. The Morgan fingerprint density at radius 3 is 2.78 bits per heavy atom. The lowest BCUT2D eigenvalue weighted by atomic mass is 10.2. The van der Waals surface area contributed by atoms with Gasteiger partial charge < -0.3 is 15.2 Å². The Balaban J connectivity index is 3.19. The molecule has 0 spiro atoms. The molecule has 1 atom stereocenters. The van der Waals surface area contributed by atoms with E-state index in [1.54, 1.807) is 7.05 Å². The van der Waals surface area contributed by atoms with Crippen LogP contribution in [0.3, 0.4) is 0 Å². The van der Waals surface area contributed by atoms with Crippen molar-refractivity contribution < 1.29 is 9.90 Å². The first-order chi connectivity index (χ1) is 4.35. The van der Waals surface area contributed by atoms with Crippen LogP contribution in [0, 0.1) is 0 Å². The van der Waals surface area contributed by atoms with Crippen molar-refractivity contribution in [1.82, 2.24) is 5.32 Å². The van der Waals surface area contributed by atoms with E-state index in [0.717, 1.165) is 12.7 Å². The van der Waals surface area contributed by atoms with E-state index in [1.165, 1.54) is 0 Å². The summed E-state index contributed by atoms with van der Waals surface area (Å²) in [6.07, 6.45) is 2.10. The zero-order valence-electron chi connectivity index (χ0n) is 5.63. The Hall–Kier alpha value is -0.410. The van der Waals surface area contributed by atoms with E-state index in [1.807, 2.05) is 0 Å². The maximum Gasteiger partial charge on any atom is 0.120 e. The zero-order chi connectivity index (χ0) is 7.11. The predicted molar refractivity (Wildman–Crippen MR) is 35.2 cm³/mol. The molecule has 0 aliphatic heterocycles. The average molecular weight is 131 g/mol. The third-order valence-electron chi connectivity index (χ3n) is 1.26. The lowest BCUT2D eigenvalue weighted by molar-refractivity contribution is -0.108. The molecule has 0 aliphatic carbocycles. The van der Waals surface area contributed by atoms with Gasteiger partial charge in [0.1, 0.15) is 6.29 Å². The summed E-state index contributed by atoms with van der Waals surface area (Å²) in [5, 5.41) is 11.5. The molecule has 0 fully saturated rings. The number of rotatable bonds is 5. The van der Waals surface area contributed by atoms with Crippen LogP contribution in [-0.4, -0.2) is 31.1 Å². The van der Waals surface area contributed by atoms with Crippen molar-refractivity contribution in [2.24, 2.45) is 0 Å². The van der Waals surface area contributed by atoms with E-state index in [2.05, 4.69) is 5.32 Å². The fourth-order valence-corrected chi connectivity index (χ4v) is 0.596. The highest BCUT2D eigenvalue weighted by molar-refractivity contribution is 5.49. The molecule has 3 nitrogen and oxygen atoms in total. The first kappa shape index (κ1) is 8.59. The second kappa shape index (κ2) is 5.72. The van der Waals surface area contributed by atoms with Gasteiger partial charge in [0.2, 0.25) is 0 Å². The van der Waals surface area contributed by atoms with Gasteiger partial charge in [-0.05, 0) is 13.5 Å². The summed E-state index contributed by atoms with van der Waals surface area (Å²) in [4.78, 5) is 9.83. The fourth-order valence-electron chi connectivity index (χ4n) is 0.596. The molecule has 0 rings (SSSR count). The molecule has 0 aromatic carbocycles. The summed E-state index contributed by atoms with van der Waals surface area (Å²) in [7, 11) is 1.77. The molecule has 0 radical (unpaired) electrons. The van der Waals surface area contributed by atoms with Crippen LogP contribution in [0.5, 0.6) is 0 Å². The Bertz CT molecular complexity index is 71.5. The van der Waals surface area contributed by atoms with Gasteiger partial charge in [0.05, 0.1) is 6.61 Å². The van der Waals surface area contributed by atoms with Crippen LogP contribution >= 0.6 is 0 Å². The van der Waals surface area contributed by atoms with Crippen LogP contribution in [0.15, 0.2) is 0 Å². The summed E-state index contributed by atoms with van der Waals surface area (Å²) in [5.74, 6) is 0. The van der Waals surface area contributed by atoms with E-state index in [4.69, 9.17) is 5.11 Å². The number of carbonyl (C=O) groups excluding carboxylic acids is 1. The molecule has 0 aliphatic rings. The highest BCUT2D eigenvalue weighted by atomic mass is 16.3. The molecule has 0 bridgehead atoms. The Morgan fingerprint density at radius 2 is 2.44 bits per heavy atom. The van der Waals surface area contributed by atoms with Crippen LogP contribution < -0.4 is 5.32 Å². The van der Waals surface area contributed by atoms with E-state index in [0.29, 0.717) is 6.42 Å². The van der Waals surface area contributed by atoms with Crippen molar-refractivity contribution >= 4 is 6.29 Å². The number of aliphatic hydroxyl groups is 1. The molecule has 0 amide bonds. The van der Waals surface area contributed by atoms with E-state index in [9.17, 15) is 4.79 Å². The highest BCUT2D eigenvalue weighted by Crippen LogP contribution is 1.91. The molecule has 2 N–H and O–H groups in total. The van der Waals surface area contributed by atoms with Crippen molar-refractivity contribution in [3.8, 4) is 0 Å². The summed E-state index contributed by atoms with van der Waals surface area (Å²) in [5.41, 5.74) is 0. The standard InChI is InChI=1S/C6H13NO2/c1-7-6(5-9)3-2-4-8/h4,6-7,9H,2-3,5H2,1H3. The number of aldehydes is 1. The second-order valence-corrected chi connectivity index (χ2v) is 1.91. The molecule has 0 saturated heterocycles. The van der Waals surface area contributed by atoms with Gasteiger partial charge in [-0.3, -0.25) is 0 Å². The van der Waals surface area contributed by atoms with Gasteiger partial charge in [-0.2, -0.15) is 0 Å². The number of aliphatic hydroxyl groups excluding tert-OH is 1. The molecule has 1 unspecified atom stereocenters. The van der Waals surface area contributed by atoms with Crippen molar-refractivity contribution in [1.29, 1.82) is 0 Å². The van der Waals surface area contributed by atoms with Crippen LogP contribution in [0.1, 0.15) is 12.8 Å². The van der Waals surface area contributed by atoms with E-state index in [-0.39, 0.29) is 12.6 Å². The molecule has 0 saturated carbocycles. The minimum Gasteiger partial charge on any atom is -0.395 e. The smallest absolute Gasteiger partial charge is 0.120 e. The van der Waals surface area contributed by atoms with Gasteiger partial charge >= 0.3 is 0 Å². The number of carbonyl (C=O) groups is 1. The molecule has 9 heavy (non-hydrogen) atoms. The molecule has 54 valence electrons. The van der Waals surface area contributed by atoms with Crippen LogP contribution in [0.2, 0.25) is 0 Å². The van der Waals surface area contributed by atoms with Crippen molar-refractivity contribution in [2.45, 2.75) is 18.9 Å². The van der Waals surface area contributed by atoms with Gasteiger partial charge in [0, 0.05) is 12.5 Å². The van der Waals surface area contributed by atoms with Gasteiger partial charge in [0.25, 0.3) is 0 Å². The first-order valence-corrected chi connectivity index (χ1v) is 3.07. The zero-order valence-corrected chi connectivity index (χ0v) is 5.63. The Morgan fingerprint density at radius 1 is 1.78 bits per heavy atom. The normalized spacial score (nSPS) is 13.1. The molecule has 0 aromatic heterocycles. The third-order valence-corrected chi connectivity index (χ3v) is 1.26. The largest absolute Gasteiger partial charge is 0.395 e. The topological polar surface area (TPSA) is 49.3 Å². The molecule has 3 heteroatoms. The summed E-state index contributed by atoms with van der Waals surface area (Å²) in [6, 6.07) is 0.0789. The maximum atomic E-state index is 9.83. The van der Waals surface area contributed by atoms with Crippen molar-refractivity contribution in [3.05, 3.63) is 0 Å². The van der Waals surface area contributed by atoms with Gasteiger partial charge in [-0.15, -0.1) is 0 Å². The minimum absolute atomic E-state index is 0.0789. The summed E-state index contributed by atoms with van der Waals surface area (Å²) >= 11 is 0. The number of hydrogen-bond acceptors (Lipinski definition) is 3. The maximum absolute atomic E-state index is 9.83. The van der Waals surface area contributed by atoms with Crippen molar-refractivity contribution in [2.75, 3.05) is 13.7 Å². The van der Waals surface area contributed by atoms with Crippen LogP contribution in [0.4, 0.5) is 0 Å². The monoisotopic (exact) mass is 131 g/mol. The Kier molecular flexibility index (Phi) is 5.46. The van der Waals surface area contributed by atoms with Crippen LogP contribution in [0.25, 0.3) is 0 Å². The van der Waals surface area contributed by atoms with Gasteiger partial charge in [0.15, 0.2) is 0 Å². The Labute approximate surface area is 55.1 Å². The first-order valence-electron chi connectivity index (χ1n) is 3.07. The van der Waals surface area contributed by atoms with E-state index >= 15 is 0 Å². The SMILES string of the molecule is CNC(CO)CCC=O. The fraction of sp³-hybridized carbons (Fsp3) is 0.833. The predicted octanol–water partition coefficient (Wildman–Crippen LogP) is -0.454. The summed E-state index contributed by atoms with van der Waals surface area (Å²) < 4.78 is 0. The summed E-state index contributed by atoms with van der Waals surface area (Å²) in [6.45, 7) is 0.102. The number of hydrogen-bond donors (Lipinski definition) is 2. The lowest BCUT2D eigenvalue weighted by Crippen LogP contribution is -2.28. The minimum atomic E-state index is 0.0789. The lowest BCUT2D eigenvalue weighted by Gasteiger charge is -2.09. The van der Waals surface area contributed by atoms with Gasteiger partial charge in [-0.25, -0.2) is 0 Å². The average Bonchev–Trinajstić information content (AvgIpc) is 1.91. The van der Waals surface area contributed by atoms with Crippen LogP contribution in [-0.2, 0) is 4.79 Å². The molecule has 0 aromatic rings. The van der Waals surface area contributed by atoms with Gasteiger partial charge in [-0.1, -0.05) is 0 Å². The molecule has 0 heterocycles. The second-order valence-electron chi connectivity index (χ2n) is 1.91. The quantitative estimate of drug-likeness (QED) is 0.497. The highest BCUT2D eigenvalue weighted by Gasteiger charge is 2.00. The third kappa shape index (κ3) is 4.12. The number of nitrogens with one attached hydrogen (secondary N) is 1. The van der Waals surface area contributed by atoms with Crippen molar-refractivity contribution in [3.63, 3.8) is 0 Å². The molecular weight excluding hydrogens is 118 g/mol. The molecular formula is C6H13NO2. The van der Waals surface area contributed by atoms with E-state index < -0.39 is 0 Å².